The summed E-state index contributed by atoms with van der Waals surface area (Å²) in [6.07, 6.45) is 5.45. The Morgan fingerprint density at radius 1 is 1.33 bits per heavy atom. The largest absolute Gasteiger partial charge is 0.460 e. The lowest BCUT2D eigenvalue weighted by atomic mass is 10.1. The maximum Gasteiger partial charge on any atom is 0.338 e. The first-order valence-corrected chi connectivity index (χ1v) is 7.83. The van der Waals surface area contributed by atoms with E-state index >= 15 is 0 Å². The van der Waals surface area contributed by atoms with Crippen molar-refractivity contribution in [2.75, 3.05) is 24.6 Å². The maximum atomic E-state index is 12.1. The number of ether oxygens (including phenoxy) is 1. The van der Waals surface area contributed by atoms with Crippen molar-refractivity contribution in [2.24, 2.45) is 0 Å². The van der Waals surface area contributed by atoms with Crippen LogP contribution in [0.15, 0.2) is 36.7 Å². The normalized spacial score (nSPS) is 13.9. The quantitative estimate of drug-likeness (QED) is 0.458. The van der Waals surface area contributed by atoms with Gasteiger partial charge in [-0.15, -0.1) is 0 Å². The van der Waals surface area contributed by atoms with Crippen LogP contribution in [0, 0.1) is 10.1 Å². The number of nitro benzene ring substituents is 1. The Hall–Kier alpha value is -2.90. The van der Waals surface area contributed by atoms with Gasteiger partial charge in [0.1, 0.15) is 12.3 Å². The molecule has 0 saturated carbocycles. The zero-order chi connectivity index (χ0) is 16.9. The molecule has 0 N–H and O–H groups in total. The van der Waals surface area contributed by atoms with Gasteiger partial charge < -0.3 is 9.64 Å². The molecule has 2 aromatic rings. The lowest BCUT2D eigenvalue weighted by molar-refractivity contribution is -0.384. The molecule has 0 amide bonds. The third-order valence-corrected chi connectivity index (χ3v) is 3.97. The van der Waals surface area contributed by atoms with Crippen LogP contribution in [0.25, 0.3) is 0 Å². The van der Waals surface area contributed by atoms with E-state index in [1.165, 1.54) is 6.07 Å². The molecule has 8 heteroatoms. The molecule has 1 aromatic carbocycles. The number of hydrogen-bond acceptors (Lipinski definition) is 6. The molecule has 0 radical (unpaired) electrons. The summed E-state index contributed by atoms with van der Waals surface area (Å²) in [5.41, 5.74) is 0.689. The van der Waals surface area contributed by atoms with E-state index in [2.05, 4.69) is 5.10 Å². The van der Waals surface area contributed by atoms with Gasteiger partial charge in [-0.1, -0.05) is 0 Å². The summed E-state index contributed by atoms with van der Waals surface area (Å²) in [6, 6.07) is 6.29. The highest BCUT2D eigenvalue weighted by atomic mass is 16.6. The number of nitrogens with zero attached hydrogens (tertiary/aromatic N) is 4. The molecule has 0 unspecified atom stereocenters. The van der Waals surface area contributed by atoms with Gasteiger partial charge in [-0.2, -0.15) is 5.10 Å². The number of aromatic nitrogens is 2. The van der Waals surface area contributed by atoms with Crippen molar-refractivity contribution in [1.29, 1.82) is 0 Å². The molecule has 0 atom stereocenters. The Balaban J connectivity index is 1.69. The van der Waals surface area contributed by atoms with E-state index in [0.29, 0.717) is 12.2 Å². The number of anilines is 1. The van der Waals surface area contributed by atoms with Crippen molar-refractivity contribution in [1.82, 2.24) is 9.78 Å². The van der Waals surface area contributed by atoms with Gasteiger partial charge in [0.05, 0.1) is 17.0 Å². The van der Waals surface area contributed by atoms with E-state index in [4.69, 9.17) is 4.74 Å². The average molecular weight is 330 g/mol. The number of hydrogen-bond donors (Lipinski definition) is 0. The molecule has 0 aliphatic carbocycles. The molecule has 1 aromatic heterocycles. The van der Waals surface area contributed by atoms with Gasteiger partial charge in [0, 0.05) is 31.5 Å². The molecular weight excluding hydrogens is 312 g/mol. The molecule has 1 aliphatic rings. The van der Waals surface area contributed by atoms with Crippen LogP contribution >= 0.6 is 0 Å². The summed E-state index contributed by atoms with van der Waals surface area (Å²) < 4.78 is 6.81. The third-order valence-electron chi connectivity index (χ3n) is 3.97. The fourth-order valence-electron chi connectivity index (χ4n) is 2.77. The first kappa shape index (κ1) is 16.0. The molecule has 0 bridgehead atoms. The SMILES string of the molecule is O=C(OCCn1cccn1)c1ccc(N2CCCC2)c([N+](=O)[O-])c1. The number of esters is 1. The van der Waals surface area contributed by atoms with Crippen molar-refractivity contribution in [3.05, 3.63) is 52.3 Å². The third kappa shape index (κ3) is 3.53. The van der Waals surface area contributed by atoms with Crippen LogP contribution < -0.4 is 4.90 Å². The minimum absolute atomic E-state index is 0.0570. The van der Waals surface area contributed by atoms with E-state index in [0.717, 1.165) is 25.9 Å². The van der Waals surface area contributed by atoms with Crippen molar-refractivity contribution in [3.63, 3.8) is 0 Å². The molecule has 1 aliphatic heterocycles. The summed E-state index contributed by atoms with van der Waals surface area (Å²) in [7, 11) is 0. The van der Waals surface area contributed by atoms with E-state index in [1.807, 2.05) is 4.90 Å². The zero-order valence-electron chi connectivity index (χ0n) is 13.1. The Kier molecular flexibility index (Phi) is 4.74. The van der Waals surface area contributed by atoms with Crippen LogP contribution in [0.5, 0.6) is 0 Å². The number of carbonyl (C=O) groups excluding carboxylic acids is 1. The lowest BCUT2D eigenvalue weighted by Gasteiger charge is -2.17. The molecular formula is C16H18N4O4. The van der Waals surface area contributed by atoms with E-state index in [1.54, 1.807) is 35.3 Å². The Labute approximate surface area is 138 Å². The number of rotatable bonds is 6. The monoisotopic (exact) mass is 330 g/mol. The van der Waals surface area contributed by atoms with Crippen LogP contribution in [-0.2, 0) is 11.3 Å². The number of carbonyl (C=O) groups is 1. The molecule has 8 nitrogen and oxygen atoms in total. The number of nitro groups is 1. The standard InChI is InChI=1S/C16H18N4O4/c21-16(24-11-10-19-9-3-6-17-19)13-4-5-14(15(12-13)20(22)23)18-7-1-2-8-18/h3-6,9,12H,1-2,7-8,10-11H2. The van der Waals surface area contributed by atoms with Crippen LogP contribution in [0.2, 0.25) is 0 Å². The Bertz CT molecular complexity index is 724. The number of benzene rings is 1. The molecule has 3 rings (SSSR count). The van der Waals surface area contributed by atoms with E-state index < -0.39 is 10.9 Å². The van der Waals surface area contributed by atoms with Crippen LogP contribution in [0.4, 0.5) is 11.4 Å². The molecule has 24 heavy (non-hydrogen) atoms. The van der Waals surface area contributed by atoms with Crippen LogP contribution in [0.1, 0.15) is 23.2 Å². The highest BCUT2D eigenvalue weighted by molar-refractivity contribution is 5.91. The van der Waals surface area contributed by atoms with Gasteiger partial charge in [-0.3, -0.25) is 14.8 Å². The molecule has 126 valence electrons. The smallest absolute Gasteiger partial charge is 0.338 e. The second kappa shape index (κ2) is 7.12. The maximum absolute atomic E-state index is 12.1. The minimum atomic E-state index is -0.571. The second-order valence-electron chi connectivity index (χ2n) is 5.56. The second-order valence-corrected chi connectivity index (χ2v) is 5.56. The van der Waals surface area contributed by atoms with Gasteiger partial charge >= 0.3 is 5.97 Å². The van der Waals surface area contributed by atoms with Crippen LogP contribution in [-0.4, -0.2) is 40.4 Å². The summed E-state index contributed by atoms with van der Waals surface area (Å²) in [5, 5.41) is 15.3. The summed E-state index contributed by atoms with van der Waals surface area (Å²) >= 11 is 0. The summed E-state index contributed by atoms with van der Waals surface area (Å²) in [5.74, 6) is -0.571. The van der Waals surface area contributed by atoms with Gasteiger partial charge in [0.15, 0.2) is 0 Å². The fourth-order valence-corrected chi connectivity index (χ4v) is 2.77. The predicted molar refractivity (Wildman–Crippen MR) is 87.1 cm³/mol. The molecule has 2 heterocycles. The predicted octanol–water partition coefficient (Wildman–Crippen LogP) is 2.25. The van der Waals surface area contributed by atoms with Crippen molar-refractivity contribution < 1.29 is 14.5 Å². The van der Waals surface area contributed by atoms with Gasteiger partial charge in [0.25, 0.3) is 5.69 Å². The average Bonchev–Trinajstić information content (AvgIpc) is 3.28. The highest BCUT2D eigenvalue weighted by Gasteiger charge is 2.24. The summed E-state index contributed by atoms with van der Waals surface area (Å²) in [6.45, 7) is 2.19. The van der Waals surface area contributed by atoms with E-state index in [-0.39, 0.29) is 17.9 Å². The molecule has 1 fully saturated rings. The zero-order valence-corrected chi connectivity index (χ0v) is 13.1. The lowest BCUT2D eigenvalue weighted by Crippen LogP contribution is -2.19. The Morgan fingerprint density at radius 2 is 2.12 bits per heavy atom. The van der Waals surface area contributed by atoms with Gasteiger partial charge in [0.2, 0.25) is 0 Å². The van der Waals surface area contributed by atoms with Gasteiger partial charge in [-0.25, -0.2) is 4.79 Å². The first-order chi connectivity index (χ1) is 11.6. The Morgan fingerprint density at radius 3 is 2.79 bits per heavy atom. The summed E-state index contributed by atoms with van der Waals surface area (Å²) in [4.78, 5) is 25.0. The van der Waals surface area contributed by atoms with E-state index in [9.17, 15) is 14.9 Å². The molecule has 0 spiro atoms. The van der Waals surface area contributed by atoms with Crippen molar-refractivity contribution >= 4 is 17.3 Å². The molecule has 1 saturated heterocycles. The topological polar surface area (TPSA) is 90.5 Å². The van der Waals surface area contributed by atoms with Crippen molar-refractivity contribution in [3.8, 4) is 0 Å². The minimum Gasteiger partial charge on any atom is -0.460 e. The highest BCUT2D eigenvalue weighted by Crippen LogP contribution is 2.31. The van der Waals surface area contributed by atoms with Crippen molar-refractivity contribution in [2.45, 2.75) is 19.4 Å². The fraction of sp³-hybridized carbons (Fsp3) is 0.375. The first-order valence-electron chi connectivity index (χ1n) is 7.83. The van der Waals surface area contributed by atoms with Gasteiger partial charge in [-0.05, 0) is 31.0 Å². The van der Waals surface area contributed by atoms with Crippen LogP contribution in [0.3, 0.4) is 0 Å².